The third-order valence-corrected chi connectivity index (χ3v) is 4.98. The summed E-state index contributed by atoms with van der Waals surface area (Å²) < 4.78 is 41.7. The van der Waals surface area contributed by atoms with Crippen molar-refractivity contribution in [3.05, 3.63) is 41.7 Å². The average Bonchev–Trinajstić information content (AvgIpc) is 3.16. The van der Waals surface area contributed by atoms with Crippen LogP contribution in [-0.4, -0.2) is 27.6 Å². The van der Waals surface area contributed by atoms with Gasteiger partial charge in [0.2, 0.25) is 0 Å². The Balaban J connectivity index is 1.88. The van der Waals surface area contributed by atoms with Gasteiger partial charge in [0, 0.05) is 24.5 Å². The van der Waals surface area contributed by atoms with Gasteiger partial charge in [0.05, 0.1) is 29.4 Å². The minimum Gasteiger partial charge on any atom is -0.369 e. The third-order valence-electron chi connectivity index (χ3n) is 4.98. The van der Waals surface area contributed by atoms with Crippen molar-refractivity contribution in [2.24, 2.45) is 0 Å². The van der Waals surface area contributed by atoms with Gasteiger partial charge in [-0.05, 0) is 50.8 Å². The summed E-state index contributed by atoms with van der Waals surface area (Å²) in [4.78, 5) is 2.00. The van der Waals surface area contributed by atoms with Crippen LogP contribution in [-0.2, 0) is 6.18 Å². The first-order valence-electron chi connectivity index (χ1n) is 8.67. The van der Waals surface area contributed by atoms with E-state index in [2.05, 4.69) is 10.3 Å². The van der Waals surface area contributed by atoms with E-state index in [1.807, 2.05) is 22.7 Å². The Morgan fingerprint density at radius 3 is 2.77 bits per heavy atom. The van der Waals surface area contributed by atoms with Crippen LogP contribution in [0.3, 0.4) is 0 Å². The Bertz CT molecular complexity index is 779. The predicted octanol–water partition coefficient (Wildman–Crippen LogP) is 4.18. The van der Waals surface area contributed by atoms with Crippen molar-refractivity contribution in [1.82, 2.24) is 15.0 Å². The van der Waals surface area contributed by atoms with Crippen LogP contribution < -0.4 is 4.90 Å². The van der Waals surface area contributed by atoms with Gasteiger partial charge < -0.3 is 4.90 Å². The van der Waals surface area contributed by atoms with Gasteiger partial charge in [-0.2, -0.15) is 18.4 Å². The number of aromatic nitrogens is 3. The van der Waals surface area contributed by atoms with E-state index in [-0.39, 0.29) is 17.6 Å². The van der Waals surface area contributed by atoms with E-state index in [4.69, 9.17) is 5.26 Å². The molecule has 3 rings (SSSR count). The first-order chi connectivity index (χ1) is 12.4. The maximum atomic E-state index is 13.3. The highest BCUT2D eigenvalue weighted by atomic mass is 19.4. The molecule has 5 nitrogen and oxygen atoms in total. The van der Waals surface area contributed by atoms with E-state index < -0.39 is 11.7 Å². The fourth-order valence-electron chi connectivity index (χ4n) is 3.77. The van der Waals surface area contributed by atoms with Crippen molar-refractivity contribution in [3.8, 4) is 6.07 Å². The van der Waals surface area contributed by atoms with Crippen LogP contribution in [0, 0.1) is 11.3 Å². The van der Waals surface area contributed by atoms with Crippen LogP contribution in [0.25, 0.3) is 0 Å². The largest absolute Gasteiger partial charge is 0.417 e. The van der Waals surface area contributed by atoms with Gasteiger partial charge in [-0.1, -0.05) is 5.21 Å². The normalized spacial score (nSPS) is 20.6. The molecule has 2 aromatic rings. The number of nitrogens with zero attached hydrogens (tertiary/aromatic N) is 5. The minimum absolute atomic E-state index is 0.122. The number of rotatable bonds is 4. The third kappa shape index (κ3) is 3.66. The van der Waals surface area contributed by atoms with Crippen molar-refractivity contribution in [3.63, 3.8) is 0 Å². The second-order valence-electron chi connectivity index (χ2n) is 6.48. The molecule has 0 N–H and O–H groups in total. The van der Waals surface area contributed by atoms with E-state index in [9.17, 15) is 13.2 Å². The highest BCUT2D eigenvalue weighted by Crippen LogP contribution is 2.37. The van der Waals surface area contributed by atoms with Gasteiger partial charge in [0.15, 0.2) is 0 Å². The summed E-state index contributed by atoms with van der Waals surface area (Å²) >= 11 is 0. The monoisotopic (exact) mass is 363 g/mol. The quantitative estimate of drug-likeness (QED) is 0.818. The van der Waals surface area contributed by atoms with Crippen LogP contribution in [0.2, 0.25) is 0 Å². The second-order valence-corrected chi connectivity index (χ2v) is 6.48. The van der Waals surface area contributed by atoms with E-state index >= 15 is 0 Å². The predicted molar refractivity (Wildman–Crippen MR) is 90.5 cm³/mol. The molecule has 1 aromatic carbocycles. The molecule has 0 radical (unpaired) electrons. The first kappa shape index (κ1) is 18.2. The highest BCUT2D eigenvalue weighted by molar-refractivity contribution is 5.55. The van der Waals surface area contributed by atoms with E-state index in [0.717, 1.165) is 31.7 Å². The molecular formula is C18H20F3N5. The summed E-state index contributed by atoms with van der Waals surface area (Å²) in [6.45, 7) is 2.53. The lowest BCUT2D eigenvalue weighted by Crippen LogP contribution is -2.39. The van der Waals surface area contributed by atoms with Crippen molar-refractivity contribution >= 4 is 5.69 Å². The van der Waals surface area contributed by atoms with E-state index in [1.165, 1.54) is 6.07 Å². The lowest BCUT2D eigenvalue weighted by Gasteiger charge is -2.38. The van der Waals surface area contributed by atoms with Crippen molar-refractivity contribution in [1.29, 1.82) is 5.26 Å². The molecule has 1 aliphatic carbocycles. The smallest absolute Gasteiger partial charge is 0.369 e. The van der Waals surface area contributed by atoms with Crippen molar-refractivity contribution in [2.45, 2.75) is 50.9 Å². The Hall–Kier alpha value is -2.56. The number of benzene rings is 1. The molecule has 1 aliphatic rings. The van der Waals surface area contributed by atoms with Gasteiger partial charge >= 0.3 is 6.18 Å². The maximum Gasteiger partial charge on any atom is 0.417 e. The highest BCUT2D eigenvalue weighted by Gasteiger charge is 2.35. The zero-order valence-corrected chi connectivity index (χ0v) is 14.4. The van der Waals surface area contributed by atoms with Crippen molar-refractivity contribution < 1.29 is 13.2 Å². The SMILES string of the molecule is CCN(c1ccc(C#N)c(C(F)(F)F)c1)C1CCCC(n2ccnn2)C1. The molecule has 2 atom stereocenters. The molecule has 138 valence electrons. The van der Waals surface area contributed by atoms with Crippen LogP contribution in [0.1, 0.15) is 49.8 Å². The summed E-state index contributed by atoms with van der Waals surface area (Å²) in [5, 5.41) is 16.9. The maximum absolute atomic E-state index is 13.3. The van der Waals surface area contributed by atoms with Crippen LogP contribution >= 0.6 is 0 Å². The number of halogens is 3. The average molecular weight is 363 g/mol. The molecule has 0 saturated heterocycles. The number of alkyl halides is 3. The molecule has 1 heterocycles. The summed E-state index contributed by atoms with van der Waals surface area (Å²) in [7, 11) is 0. The Labute approximate surface area is 150 Å². The molecule has 0 aliphatic heterocycles. The number of anilines is 1. The zero-order chi connectivity index (χ0) is 18.7. The molecule has 0 amide bonds. The number of hydrogen-bond acceptors (Lipinski definition) is 4. The lowest BCUT2D eigenvalue weighted by atomic mass is 9.89. The molecule has 0 bridgehead atoms. The Morgan fingerprint density at radius 1 is 1.35 bits per heavy atom. The number of nitriles is 1. The lowest BCUT2D eigenvalue weighted by molar-refractivity contribution is -0.137. The van der Waals surface area contributed by atoms with Crippen LogP contribution in [0.15, 0.2) is 30.6 Å². The van der Waals surface area contributed by atoms with Gasteiger partial charge in [-0.15, -0.1) is 5.10 Å². The minimum atomic E-state index is -4.55. The second kappa shape index (κ2) is 7.36. The van der Waals surface area contributed by atoms with E-state index in [1.54, 1.807) is 18.3 Å². The fraction of sp³-hybridized carbons (Fsp3) is 0.500. The Kier molecular flexibility index (Phi) is 5.16. The van der Waals surface area contributed by atoms with Gasteiger partial charge in [-0.3, -0.25) is 0 Å². The summed E-state index contributed by atoms with van der Waals surface area (Å²) in [5.74, 6) is 0. The van der Waals surface area contributed by atoms with Gasteiger partial charge in [-0.25, -0.2) is 4.68 Å². The van der Waals surface area contributed by atoms with Crippen LogP contribution in [0.5, 0.6) is 0 Å². The molecule has 8 heteroatoms. The Morgan fingerprint density at radius 2 is 2.15 bits per heavy atom. The molecule has 2 unspecified atom stereocenters. The molecule has 1 aromatic heterocycles. The first-order valence-corrected chi connectivity index (χ1v) is 8.67. The summed E-state index contributed by atoms with van der Waals surface area (Å²) in [6, 6.07) is 5.92. The molecule has 1 saturated carbocycles. The molecular weight excluding hydrogens is 343 g/mol. The topological polar surface area (TPSA) is 57.7 Å². The summed E-state index contributed by atoms with van der Waals surface area (Å²) in [6.07, 6.45) is 2.60. The molecule has 26 heavy (non-hydrogen) atoms. The number of hydrogen-bond donors (Lipinski definition) is 0. The standard InChI is InChI=1S/C18H20F3N5/c1-2-25(14-4-3-5-16(10-14)26-9-8-23-24-26)15-7-6-13(12-22)17(11-15)18(19,20)21/h6-9,11,14,16H,2-5,10H2,1H3. The van der Waals surface area contributed by atoms with Crippen LogP contribution in [0.4, 0.5) is 18.9 Å². The molecule has 0 spiro atoms. The zero-order valence-electron chi connectivity index (χ0n) is 14.4. The van der Waals surface area contributed by atoms with Gasteiger partial charge in [0.25, 0.3) is 0 Å². The van der Waals surface area contributed by atoms with Gasteiger partial charge in [0.1, 0.15) is 0 Å². The van der Waals surface area contributed by atoms with E-state index in [0.29, 0.717) is 12.2 Å². The summed E-state index contributed by atoms with van der Waals surface area (Å²) in [5.41, 5.74) is -0.718. The fourth-order valence-corrected chi connectivity index (χ4v) is 3.77. The molecule has 1 fully saturated rings. The van der Waals surface area contributed by atoms with Crippen molar-refractivity contribution in [2.75, 3.05) is 11.4 Å².